The molecule has 0 unspecified atom stereocenters. The van der Waals surface area contributed by atoms with Gasteiger partial charge in [0.2, 0.25) is 0 Å². The Morgan fingerprint density at radius 1 is 1.00 bits per heavy atom. The smallest absolute Gasteiger partial charge is 0.0471 e. The Morgan fingerprint density at radius 3 is 2.73 bits per heavy atom. The first-order chi connectivity index (χ1) is 7.47. The van der Waals surface area contributed by atoms with Crippen molar-refractivity contribution in [3.8, 4) is 0 Å². The van der Waals surface area contributed by atoms with E-state index in [2.05, 4.69) is 17.1 Å². The highest BCUT2D eigenvalue weighted by Crippen LogP contribution is 2.26. The van der Waals surface area contributed by atoms with Gasteiger partial charge in [-0.2, -0.15) is 0 Å². The highest BCUT2D eigenvalue weighted by molar-refractivity contribution is 5.15. The maximum Gasteiger partial charge on any atom is 0.0471 e. The highest BCUT2D eigenvalue weighted by atomic mass is 16.5. The molecular weight excluding hydrogens is 186 g/mol. The van der Waals surface area contributed by atoms with Crippen molar-refractivity contribution in [1.82, 2.24) is 4.98 Å². The lowest BCUT2D eigenvalue weighted by molar-refractivity contribution is 0.128. The van der Waals surface area contributed by atoms with Crippen LogP contribution >= 0.6 is 0 Å². The molecule has 82 valence electrons. The molecule has 1 fully saturated rings. The van der Waals surface area contributed by atoms with Crippen molar-refractivity contribution in [1.29, 1.82) is 0 Å². The van der Waals surface area contributed by atoms with Crippen molar-refractivity contribution in [2.24, 2.45) is 0 Å². The third kappa shape index (κ3) is 3.31. The third-order valence-electron chi connectivity index (χ3n) is 3.13. The summed E-state index contributed by atoms with van der Waals surface area (Å²) >= 11 is 0. The zero-order valence-corrected chi connectivity index (χ0v) is 9.19. The van der Waals surface area contributed by atoms with Crippen LogP contribution < -0.4 is 0 Å². The fourth-order valence-electron chi connectivity index (χ4n) is 2.21. The second-order valence-electron chi connectivity index (χ2n) is 4.23. The number of pyridine rings is 1. The van der Waals surface area contributed by atoms with Gasteiger partial charge in [0.1, 0.15) is 0 Å². The van der Waals surface area contributed by atoms with Crippen LogP contribution in [0, 0.1) is 0 Å². The van der Waals surface area contributed by atoms with Gasteiger partial charge in [-0.25, -0.2) is 0 Å². The third-order valence-corrected chi connectivity index (χ3v) is 3.13. The predicted octanol–water partition coefficient (Wildman–Crippen LogP) is 3.15. The Bertz CT molecular complexity index is 263. The maximum atomic E-state index is 5.59. The summed E-state index contributed by atoms with van der Waals surface area (Å²) in [5, 5.41) is 0. The van der Waals surface area contributed by atoms with Crippen molar-refractivity contribution >= 4 is 0 Å². The van der Waals surface area contributed by atoms with Crippen LogP contribution in [0.5, 0.6) is 0 Å². The van der Waals surface area contributed by atoms with Gasteiger partial charge in [-0.05, 0) is 42.9 Å². The van der Waals surface area contributed by atoms with Crippen LogP contribution in [0.4, 0.5) is 0 Å². The van der Waals surface area contributed by atoms with E-state index >= 15 is 0 Å². The summed E-state index contributed by atoms with van der Waals surface area (Å²) in [6, 6.07) is 4.28. The van der Waals surface area contributed by atoms with E-state index in [1.807, 2.05) is 12.4 Å². The molecule has 0 saturated carbocycles. The maximum absolute atomic E-state index is 5.59. The van der Waals surface area contributed by atoms with Crippen molar-refractivity contribution in [2.75, 3.05) is 13.2 Å². The molecule has 0 N–H and O–H groups in total. The SMILES string of the molecule is c1cc([C@H]2CCCCCOCC2)ccn1. The Kier molecular flexibility index (Phi) is 4.15. The summed E-state index contributed by atoms with van der Waals surface area (Å²) in [6.07, 6.45) is 10.1. The normalized spacial score (nSPS) is 23.9. The van der Waals surface area contributed by atoms with Gasteiger partial charge in [0.15, 0.2) is 0 Å². The van der Waals surface area contributed by atoms with Gasteiger partial charge in [0, 0.05) is 25.6 Å². The van der Waals surface area contributed by atoms with Crippen LogP contribution in [-0.2, 0) is 4.74 Å². The number of hydrogen-bond donors (Lipinski definition) is 0. The molecule has 0 aliphatic carbocycles. The van der Waals surface area contributed by atoms with Gasteiger partial charge in [0.05, 0.1) is 0 Å². The summed E-state index contributed by atoms with van der Waals surface area (Å²) in [7, 11) is 0. The van der Waals surface area contributed by atoms with Crippen molar-refractivity contribution in [3.63, 3.8) is 0 Å². The monoisotopic (exact) mass is 205 g/mol. The molecule has 0 amide bonds. The number of hydrogen-bond acceptors (Lipinski definition) is 2. The van der Waals surface area contributed by atoms with Crippen molar-refractivity contribution in [2.45, 2.75) is 38.0 Å². The molecule has 0 radical (unpaired) electrons. The van der Waals surface area contributed by atoms with Gasteiger partial charge >= 0.3 is 0 Å². The van der Waals surface area contributed by atoms with Crippen LogP contribution in [0.25, 0.3) is 0 Å². The second-order valence-corrected chi connectivity index (χ2v) is 4.23. The molecule has 1 aliphatic rings. The molecule has 2 rings (SSSR count). The largest absolute Gasteiger partial charge is 0.381 e. The molecule has 1 atom stereocenters. The van der Waals surface area contributed by atoms with Gasteiger partial charge in [-0.3, -0.25) is 4.98 Å². The molecule has 0 spiro atoms. The van der Waals surface area contributed by atoms with Crippen LogP contribution in [0.2, 0.25) is 0 Å². The average Bonchev–Trinajstić information content (AvgIpc) is 2.43. The second kappa shape index (κ2) is 5.86. The summed E-state index contributed by atoms with van der Waals surface area (Å²) in [4.78, 5) is 4.07. The van der Waals surface area contributed by atoms with E-state index < -0.39 is 0 Å². The fourth-order valence-corrected chi connectivity index (χ4v) is 2.21. The van der Waals surface area contributed by atoms with Gasteiger partial charge in [0.25, 0.3) is 0 Å². The zero-order valence-electron chi connectivity index (χ0n) is 9.19. The van der Waals surface area contributed by atoms with Gasteiger partial charge in [-0.15, -0.1) is 0 Å². The lowest BCUT2D eigenvalue weighted by atomic mass is 9.91. The minimum atomic E-state index is 0.672. The quantitative estimate of drug-likeness (QED) is 0.702. The Hall–Kier alpha value is -0.890. The molecule has 1 aromatic heterocycles. The van der Waals surface area contributed by atoms with E-state index in [4.69, 9.17) is 4.74 Å². The molecule has 2 heterocycles. The minimum Gasteiger partial charge on any atom is -0.381 e. The summed E-state index contributed by atoms with van der Waals surface area (Å²) < 4.78 is 5.59. The lowest BCUT2D eigenvalue weighted by Crippen LogP contribution is -2.03. The Labute approximate surface area is 91.7 Å². The minimum absolute atomic E-state index is 0.672. The molecular formula is C13H19NO. The molecule has 0 aromatic carbocycles. The van der Waals surface area contributed by atoms with E-state index in [9.17, 15) is 0 Å². The molecule has 1 aromatic rings. The first-order valence-corrected chi connectivity index (χ1v) is 5.94. The first-order valence-electron chi connectivity index (χ1n) is 5.94. The van der Waals surface area contributed by atoms with Gasteiger partial charge < -0.3 is 4.74 Å². The van der Waals surface area contributed by atoms with Gasteiger partial charge in [-0.1, -0.05) is 12.8 Å². The average molecular weight is 205 g/mol. The predicted molar refractivity (Wildman–Crippen MR) is 60.9 cm³/mol. The summed E-state index contributed by atoms with van der Waals surface area (Å²) in [5.74, 6) is 0.672. The standard InChI is InChI=1S/C13H19NO/c1-2-4-12(7-11-15-10-3-1)13-5-8-14-9-6-13/h5-6,8-9,12H,1-4,7,10-11H2/t12-/m0/s1. The number of ether oxygens (including phenoxy) is 1. The fraction of sp³-hybridized carbons (Fsp3) is 0.615. The number of nitrogens with zero attached hydrogens (tertiary/aromatic N) is 1. The molecule has 2 heteroatoms. The Balaban J connectivity index is 1.99. The van der Waals surface area contributed by atoms with E-state index in [-0.39, 0.29) is 0 Å². The van der Waals surface area contributed by atoms with Crippen molar-refractivity contribution in [3.05, 3.63) is 30.1 Å². The van der Waals surface area contributed by atoms with Crippen LogP contribution in [0.15, 0.2) is 24.5 Å². The lowest BCUT2D eigenvalue weighted by Gasteiger charge is -2.15. The van der Waals surface area contributed by atoms with Crippen LogP contribution in [-0.4, -0.2) is 18.2 Å². The van der Waals surface area contributed by atoms with E-state index in [0.717, 1.165) is 19.6 Å². The number of rotatable bonds is 1. The van der Waals surface area contributed by atoms with E-state index in [0.29, 0.717) is 5.92 Å². The first kappa shape index (κ1) is 10.6. The summed E-state index contributed by atoms with van der Waals surface area (Å²) in [6.45, 7) is 1.86. The summed E-state index contributed by atoms with van der Waals surface area (Å²) in [5.41, 5.74) is 1.43. The van der Waals surface area contributed by atoms with E-state index in [1.165, 1.54) is 31.2 Å². The topological polar surface area (TPSA) is 22.1 Å². The molecule has 1 aliphatic heterocycles. The Morgan fingerprint density at radius 2 is 1.87 bits per heavy atom. The molecule has 2 nitrogen and oxygen atoms in total. The van der Waals surface area contributed by atoms with Crippen LogP contribution in [0.3, 0.4) is 0 Å². The van der Waals surface area contributed by atoms with Crippen molar-refractivity contribution < 1.29 is 4.74 Å². The number of aromatic nitrogens is 1. The van der Waals surface area contributed by atoms with E-state index in [1.54, 1.807) is 0 Å². The molecule has 1 saturated heterocycles. The molecule has 15 heavy (non-hydrogen) atoms. The molecule has 0 bridgehead atoms. The van der Waals surface area contributed by atoms with Crippen LogP contribution in [0.1, 0.15) is 43.6 Å². The zero-order chi connectivity index (χ0) is 10.3. The highest BCUT2D eigenvalue weighted by Gasteiger charge is 2.12.